The van der Waals surface area contributed by atoms with Crippen LogP contribution < -0.4 is 10.6 Å². The highest BCUT2D eigenvalue weighted by molar-refractivity contribution is 6.05. The van der Waals surface area contributed by atoms with E-state index in [0.29, 0.717) is 12.2 Å². The van der Waals surface area contributed by atoms with E-state index in [2.05, 4.69) is 15.4 Å². The molecule has 2 aromatic rings. The molecule has 0 radical (unpaired) electrons. The van der Waals surface area contributed by atoms with E-state index < -0.39 is 0 Å². The normalized spacial score (nSPS) is 14.4. The van der Waals surface area contributed by atoms with Crippen LogP contribution in [0.1, 0.15) is 28.9 Å². The minimum atomic E-state index is -0.114. The van der Waals surface area contributed by atoms with Gasteiger partial charge in [0.15, 0.2) is 5.69 Å². The Hall–Kier alpha value is -2.21. The lowest BCUT2D eigenvalue weighted by atomic mass is 10.2. The summed E-state index contributed by atoms with van der Waals surface area (Å²) in [5, 5.41) is 10.0. The first-order chi connectivity index (χ1) is 9.29. The van der Waals surface area contributed by atoms with Crippen molar-refractivity contribution in [1.82, 2.24) is 15.4 Å². The van der Waals surface area contributed by atoms with E-state index in [1.165, 1.54) is 6.20 Å². The van der Waals surface area contributed by atoms with Crippen molar-refractivity contribution in [1.29, 1.82) is 0 Å². The van der Waals surface area contributed by atoms with Crippen molar-refractivity contribution in [2.45, 2.75) is 25.4 Å². The Labute approximate surface area is 110 Å². The van der Waals surface area contributed by atoms with Gasteiger partial charge in [-0.1, -0.05) is 12.1 Å². The highest BCUT2D eigenvalue weighted by Gasteiger charge is 2.35. The molecule has 6 nitrogen and oxygen atoms in total. The number of carbonyl (C=O) groups is 1. The minimum Gasteiger partial charge on any atom is -0.326 e. The summed E-state index contributed by atoms with van der Waals surface area (Å²) in [6, 6.07) is 8.02. The summed E-state index contributed by atoms with van der Waals surface area (Å²) >= 11 is 0. The van der Waals surface area contributed by atoms with Gasteiger partial charge < -0.3 is 10.6 Å². The van der Waals surface area contributed by atoms with Crippen molar-refractivity contribution < 1.29 is 4.79 Å². The average Bonchev–Trinajstić information content (AvgIpc) is 3.12. The fourth-order valence-electron chi connectivity index (χ4n) is 2.05. The van der Waals surface area contributed by atoms with E-state index in [0.717, 1.165) is 24.1 Å². The molecular formula is C13H15N5O. The van der Waals surface area contributed by atoms with Crippen LogP contribution >= 0.6 is 0 Å². The predicted molar refractivity (Wildman–Crippen MR) is 70.5 cm³/mol. The SMILES string of the molecule is NCc1ccc(N(C(=O)c2cn[nH]n2)C2CC2)cc1. The summed E-state index contributed by atoms with van der Waals surface area (Å²) in [5.41, 5.74) is 7.86. The van der Waals surface area contributed by atoms with Gasteiger partial charge in [-0.2, -0.15) is 15.4 Å². The van der Waals surface area contributed by atoms with Gasteiger partial charge >= 0.3 is 0 Å². The second-order valence-corrected chi connectivity index (χ2v) is 4.63. The third kappa shape index (κ3) is 2.34. The predicted octanol–water partition coefficient (Wildman–Crippen LogP) is 1.07. The van der Waals surface area contributed by atoms with Crippen molar-refractivity contribution in [3.8, 4) is 0 Å². The smallest absolute Gasteiger partial charge is 0.280 e. The van der Waals surface area contributed by atoms with Crippen LogP contribution in [0.15, 0.2) is 30.5 Å². The Morgan fingerprint density at radius 1 is 1.37 bits per heavy atom. The number of aromatic nitrogens is 3. The summed E-state index contributed by atoms with van der Waals surface area (Å²) in [6.45, 7) is 0.501. The molecule has 1 saturated carbocycles. The fourth-order valence-corrected chi connectivity index (χ4v) is 2.05. The highest BCUT2D eigenvalue weighted by atomic mass is 16.2. The van der Waals surface area contributed by atoms with Gasteiger partial charge in [-0.15, -0.1) is 0 Å². The Morgan fingerprint density at radius 3 is 2.63 bits per heavy atom. The Morgan fingerprint density at radius 2 is 2.11 bits per heavy atom. The number of aromatic amines is 1. The molecule has 1 heterocycles. The quantitative estimate of drug-likeness (QED) is 0.857. The van der Waals surface area contributed by atoms with Gasteiger partial charge in [0.25, 0.3) is 5.91 Å². The molecule has 98 valence electrons. The Bertz CT molecular complexity index is 559. The molecule has 0 bridgehead atoms. The number of hydrogen-bond donors (Lipinski definition) is 2. The Balaban J connectivity index is 1.90. The molecule has 1 aromatic carbocycles. The molecule has 6 heteroatoms. The van der Waals surface area contributed by atoms with Gasteiger partial charge in [-0.05, 0) is 30.5 Å². The van der Waals surface area contributed by atoms with E-state index in [1.807, 2.05) is 24.3 Å². The van der Waals surface area contributed by atoms with Crippen molar-refractivity contribution >= 4 is 11.6 Å². The highest BCUT2D eigenvalue weighted by Crippen LogP contribution is 2.32. The van der Waals surface area contributed by atoms with Gasteiger partial charge in [0.2, 0.25) is 0 Å². The van der Waals surface area contributed by atoms with Crippen LogP contribution in [0.3, 0.4) is 0 Å². The lowest BCUT2D eigenvalue weighted by Crippen LogP contribution is -2.33. The largest absolute Gasteiger partial charge is 0.326 e. The number of nitrogens with one attached hydrogen (secondary N) is 1. The summed E-state index contributed by atoms with van der Waals surface area (Å²) in [6.07, 6.45) is 3.51. The maximum Gasteiger partial charge on any atom is 0.280 e. The van der Waals surface area contributed by atoms with E-state index in [1.54, 1.807) is 4.90 Å². The molecule has 0 atom stereocenters. The zero-order valence-electron chi connectivity index (χ0n) is 10.4. The number of amides is 1. The van der Waals surface area contributed by atoms with Crippen LogP contribution in [0, 0.1) is 0 Å². The number of H-pyrrole nitrogens is 1. The van der Waals surface area contributed by atoms with Crippen molar-refractivity contribution in [3.63, 3.8) is 0 Å². The molecule has 3 N–H and O–H groups in total. The van der Waals surface area contributed by atoms with Crippen LogP contribution in [-0.4, -0.2) is 27.4 Å². The van der Waals surface area contributed by atoms with E-state index in [-0.39, 0.29) is 11.9 Å². The first kappa shape index (κ1) is 11.9. The van der Waals surface area contributed by atoms with Crippen LogP contribution in [0.25, 0.3) is 0 Å². The van der Waals surface area contributed by atoms with Crippen LogP contribution in [-0.2, 0) is 6.54 Å². The number of nitrogens with two attached hydrogens (primary N) is 1. The molecule has 19 heavy (non-hydrogen) atoms. The van der Waals surface area contributed by atoms with Gasteiger partial charge in [0, 0.05) is 18.3 Å². The van der Waals surface area contributed by atoms with E-state index in [9.17, 15) is 4.79 Å². The van der Waals surface area contributed by atoms with E-state index in [4.69, 9.17) is 5.73 Å². The molecule has 1 aliphatic carbocycles. The third-order valence-corrected chi connectivity index (χ3v) is 3.22. The van der Waals surface area contributed by atoms with Gasteiger partial charge in [0.1, 0.15) is 0 Å². The molecule has 0 saturated heterocycles. The first-order valence-corrected chi connectivity index (χ1v) is 6.28. The number of anilines is 1. The number of benzene rings is 1. The molecule has 1 aliphatic rings. The summed E-state index contributed by atoms with van der Waals surface area (Å²) in [4.78, 5) is 14.2. The molecule has 1 amide bonds. The maximum atomic E-state index is 12.4. The zero-order chi connectivity index (χ0) is 13.2. The maximum absolute atomic E-state index is 12.4. The number of rotatable bonds is 4. The zero-order valence-corrected chi connectivity index (χ0v) is 10.4. The van der Waals surface area contributed by atoms with Gasteiger partial charge in [0.05, 0.1) is 6.20 Å². The first-order valence-electron chi connectivity index (χ1n) is 6.28. The van der Waals surface area contributed by atoms with Crippen LogP contribution in [0.5, 0.6) is 0 Å². The minimum absolute atomic E-state index is 0.114. The second-order valence-electron chi connectivity index (χ2n) is 4.63. The third-order valence-electron chi connectivity index (χ3n) is 3.22. The van der Waals surface area contributed by atoms with E-state index >= 15 is 0 Å². The van der Waals surface area contributed by atoms with Crippen molar-refractivity contribution in [2.24, 2.45) is 5.73 Å². The fraction of sp³-hybridized carbons (Fsp3) is 0.308. The van der Waals surface area contributed by atoms with Gasteiger partial charge in [-0.25, -0.2) is 0 Å². The molecule has 0 spiro atoms. The summed E-state index contributed by atoms with van der Waals surface area (Å²) < 4.78 is 0. The van der Waals surface area contributed by atoms with Crippen LogP contribution in [0.4, 0.5) is 5.69 Å². The lowest BCUT2D eigenvalue weighted by molar-refractivity contribution is 0.0980. The monoisotopic (exact) mass is 257 g/mol. The molecule has 3 rings (SSSR count). The molecular weight excluding hydrogens is 242 g/mol. The average molecular weight is 257 g/mol. The number of carbonyl (C=O) groups excluding carboxylic acids is 1. The molecule has 0 aliphatic heterocycles. The van der Waals surface area contributed by atoms with Gasteiger partial charge in [-0.3, -0.25) is 4.79 Å². The Kier molecular flexibility index (Phi) is 3.00. The number of nitrogens with zero attached hydrogens (tertiary/aromatic N) is 3. The standard InChI is InChI=1S/C13H15N5O/c14-7-9-1-3-10(4-2-9)18(11-5-6-11)13(19)12-8-15-17-16-12/h1-4,8,11H,5-7,14H2,(H,15,16,17). The molecule has 1 fully saturated rings. The summed E-state index contributed by atoms with van der Waals surface area (Å²) in [5.74, 6) is -0.114. The summed E-state index contributed by atoms with van der Waals surface area (Å²) in [7, 11) is 0. The lowest BCUT2D eigenvalue weighted by Gasteiger charge is -2.21. The number of hydrogen-bond acceptors (Lipinski definition) is 4. The van der Waals surface area contributed by atoms with Crippen molar-refractivity contribution in [2.75, 3.05) is 4.90 Å². The van der Waals surface area contributed by atoms with Crippen LogP contribution in [0.2, 0.25) is 0 Å². The molecule has 0 unspecified atom stereocenters. The second kappa shape index (κ2) is 4.81. The topological polar surface area (TPSA) is 87.9 Å². The molecule has 1 aromatic heterocycles. The van der Waals surface area contributed by atoms with Crippen molar-refractivity contribution in [3.05, 3.63) is 41.7 Å².